The van der Waals surface area contributed by atoms with E-state index in [-0.39, 0.29) is 12.5 Å². The molecule has 1 aliphatic heterocycles. The van der Waals surface area contributed by atoms with Crippen LogP contribution in [0.15, 0.2) is 12.7 Å². The third-order valence-electron chi connectivity index (χ3n) is 3.65. The number of carboxylic acid groups (broad SMARTS) is 1. The fourth-order valence-electron chi connectivity index (χ4n) is 2.60. The zero-order chi connectivity index (χ0) is 13.9. The molecule has 0 aliphatic carbocycles. The number of amides is 1. The molecule has 1 unspecified atom stereocenters. The summed E-state index contributed by atoms with van der Waals surface area (Å²) < 4.78 is 1.45. The van der Waals surface area contributed by atoms with Crippen molar-refractivity contribution in [3.63, 3.8) is 0 Å². The minimum Gasteiger partial charge on any atom is -0.481 e. The smallest absolute Gasteiger partial charge is 0.311 e. The van der Waals surface area contributed by atoms with Gasteiger partial charge in [-0.25, -0.2) is 9.67 Å². The van der Waals surface area contributed by atoms with Gasteiger partial charge in [0.1, 0.15) is 19.2 Å². The summed E-state index contributed by atoms with van der Waals surface area (Å²) in [5, 5.41) is 13.3. The monoisotopic (exact) mass is 266 g/mol. The highest BCUT2D eigenvalue weighted by atomic mass is 16.4. The van der Waals surface area contributed by atoms with Crippen molar-refractivity contribution in [1.82, 2.24) is 19.7 Å². The second-order valence-electron chi connectivity index (χ2n) is 4.99. The van der Waals surface area contributed by atoms with Crippen molar-refractivity contribution in [2.45, 2.75) is 32.7 Å². The van der Waals surface area contributed by atoms with Gasteiger partial charge in [-0.15, -0.1) is 0 Å². The normalized spacial score (nSPS) is 22.7. The predicted octanol–water partition coefficient (Wildman–Crippen LogP) is 0.381. The van der Waals surface area contributed by atoms with E-state index in [1.54, 1.807) is 4.90 Å². The molecule has 1 N–H and O–H groups in total. The number of rotatable bonds is 5. The summed E-state index contributed by atoms with van der Waals surface area (Å²) in [7, 11) is 0. The standard InChI is InChI=1S/C12H18N4O3/c1-2-3-12(11(18)19)4-5-15(7-12)10(17)6-16-9-13-8-14-16/h8-9H,2-7H2,1H3,(H,18,19). The topological polar surface area (TPSA) is 88.3 Å². The number of carbonyl (C=O) groups is 2. The molecule has 0 bridgehead atoms. The summed E-state index contributed by atoms with van der Waals surface area (Å²) in [6.07, 6.45) is 4.78. The second kappa shape index (κ2) is 5.38. The van der Waals surface area contributed by atoms with Crippen LogP contribution in [0.4, 0.5) is 0 Å². The predicted molar refractivity (Wildman–Crippen MR) is 66.2 cm³/mol. The SMILES string of the molecule is CCCC1(C(=O)O)CCN(C(=O)Cn2cncn2)C1. The number of aromatic nitrogens is 3. The van der Waals surface area contributed by atoms with Crippen LogP contribution in [-0.2, 0) is 16.1 Å². The number of carbonyl (C=O) groups excluding carboxylic acids is 1. The molecule has 104 valence electrons. The summed E-state index contributed by atoms with van der Waals surface area (Å²) in [6, 6.07) is 0. The van der Waals surface area contributed by atoms with Crippen molar-refractivity contribution < 1.29 is 14.7 Å². The van der Waals surface area contributed by atoms with E-state index in [0.29, 0.717) is 25.9 Å². The summed E-state index contributed by atoms with van der Waals surface area (Å²) in [4.78, 5) is 28.9. The average Bonchev–Trinajstić information content (AvgIpc) is 2.99. The summed E-state index contributed by atoms with van der Waals surface area (Å²) >= 11 is 0. The molecule has 1 saturated heterocycles. The van der Waals surface area contributed by atoms with Crippen LogP contribution in [0.3, 0.4) is 0 Å². The van der Waals surface area contributed by atoms with Crippen LogP contribution in [0, 0.1) is 5.41 Å². The van der Waals surface area contributed by atoms with Gasteiger partial charge in [0.15, 0.2) is 0 Å². The molecule has 0 aromatic carbocycles. The lowest BCUT2D eigenvalue weighted by molar-refractivity contribution is -0.149. The van der Waals surface area contributed by atoms with Gasteiger partial charge < -0.3 is 10.0 Å². The highest BCUT2D eigenvalue weighted by molar-refractivity contribution is 5.80. The van der Waals surface area contributed by atoms with Crippen LogP contribution in [0.5, 0.6) is 0 Å². The first-order valence-corrected chi connectivity index (χ1v) is 6.41. The van der Waals surface area contributed by atoms with Gasteiger partial charge in [-0.2, -0.15) is 5.10 Å². The Hall–Kier alpha value is -1.92. The Balaban J connectivity index is 2.00. The maximum atomic E-state index is 12.1. The lowest BCUT2D eigenvalue weighted by atomic mass is 9.83. The van der Waals surface area contributed by atoms with Crippen LogP contribution < -0.4 is 0 Å². The minimum atomic E-state index is -0.801. The lowest BCUT2D eigenvalue weighted by Crippen LogP contribution is -2.38. The van der Waals surface area contributed by atoms with Crippen LogP contribution in [0.2, 0.25) is 0 Å². The van der Waals surface area contributed by atoms with E-state index < -0.39 is 11.4 Å². The Bertz CT molecular complexity index is 460. The van der Waals surface area contributed by atoms with Crippen molar-refractivity contribution >= 4 is 11.9 Å². The third-order valence-corrected chi connectivity index (χ3v) is 3.65. The number of likely N-dealkylation sites (tertiary alicyclic amines) is 1. The summed E-state index contributed by atoms with van der Waals surface area (Å²) in [5.41, 5.74) is -0.771. The molecule has 19 heavy (non-hydrogen) atoms. The molecule has 0 spiro atoms. The van der Waals surface area contributed by atoms with E-state index >= 15 is 0 Å². The molecule has 1 aromatic rings. The Morgan fingerprint density at radius 1 is 1.47 bits per heavy atom. The average molecular weight is 266 g/mol. The molecule has 0 radical (unpaired) electrons. The number of hydrogen-bond donors (Lipinski definition) is 1. The third kappa shape index (κ3) is 2.74. The van der Waals surface area contributed by atoms with Crippen LogP contribution in [0.25, 0.3) is 0 Å². The molecular weight excluding hydrogens is 248 g/mol. The number of carboxylic acids is 1. The highest BCUT2D eigenvalue weighted by Crippen LogP contribution is 2.35. The van der Waals surface area contributed by atoms with Gasteiger partial charge in [0.2, 0.25) is 5.91 Å². The fraction of sp³-hybridized carbons (Fsp3) is 0.667. The van der Waals surface area contributed by atoms with Gasteiger partial charge in [-0.05, 0) is 12.8 Å². The van der Waals surface area contributed by atoms with E-state index in [1.165, 1.54) is 17.3 Å². The fourth-order valence-corrected chi connectivity index (χ4v) is 2.60. The molecule has 1 aliphatic rings. The van der Waals surface area contributed by atoms with Crippen molar-refractivity contribution in [2.24, 2.45) is 5.41 Å². The lowest BCUT2D eigenvalue weighted by Gasteiger charge is -2.24. The summed E-state index contributed by atoms with van der Waals surface area (Å²) in [6.45, 7) is 2.87. The molecule has 1 aromatic heterocycles. The van der Waals surface area contributed by atoms with Crippen molar-refractivity contribution in [3.05, 3.63) is 12.7 Å². The zero-order valence-corrected chi connectivity index (χ0v) is 10.9. The molecule has 2 heterocycles. The maximum absolute atomic E-state index is 12.1. The van der Waals surface area contributed by atoms with Gasteiger partial charge in [-0.3, -0.25) is 9.59 Å². The van der Waals surface area contributed by atoms with Gasteiger partial charge in [0, 0.05) is 13.1 Å². The number of hydrogen-bond acceptors (Lipinski definition) is 4. The van der Waals surface area contributed by atoms with Crippen LogP contribution in [-0.4, -0.2) is 49.7 Å². The quantitative estimate of drug-likeness (QED) is 0.832. The first kappa shape index (κ1) is 13.5. The minimum absolute atomic E-state index is 0.107. The molecule has 1 fully saturated rings. The largest absolute Gasteiger partial charge is 0.481 e. The maximum Gasteiger partial charge on any atom is 0.311 e. The number of aliphatic carboxylic acids is 1. The first-order chi connectivity index (χ1) is 9.07. The van der Waals surface area contributed by atoms with E-state index in [1.807, 2.05) is 6.92 Å². The van der Waals surface area contributed by atoms with Gasteiger partial charge in [0.05, 0.1) is 5.41 Å². The van der Waals surface area contributed by atoms with Gasteiger partial charge >= 0.3 is 5.97 Å². The van der Waals surface area contributed by atoms with Gasteiger partial charge in [-0.1, -0.05) is 13.3 Å². The molecule has 7 heteroatoms. The molecule has 2 rings (SSSR count). The van der Waals surface area contributed by atoms with Crippen LogP contribution in [0.1, 0.15) is 26.2 Å². The molecule has 1 atom stereocenters. The van der Waals surface area contributed by atoms with E-state index in [9.17, 15) is 14.7 Å². The highest BCUT2D eigenvalue weighted by Gasteiger charge is 2.45. The molecule has 0 saturated carbocycles. The molecule has 7 nitrogen and oxygen atoms in total. The Kier molecular flexibility index (Phi) is 3.82. The first-order valence-electron chi connectivity index (χ1n) is 6.41. The molecule has 1 amide bonds. The Morgan fingerprint density at radius 2 is 2.26 bits per heavy atom. The zero-order valence-electron chi connectivity index (χ0n) is 10.9. The summed E-state index contributed by atoms with van der Waals surface area (Å²) in [5.74, 6) is -0.907. The van der Waals surface area contributed by atoms with Crippen molar-refractivity contribution in [2.75, 3.05) is 13.1 Å². The number of nitrogens with zero attached hydrogens (tertiary/aromatic N) is 4. The van der Waals surface area contributed by atoms with E-state index in [4.69, 9.17) is 0 Å². The van der Waals surface area contributed by atoms with Crippen LogP contribution >= 0.6 is 0 Å². The van der Waals surface area contributed by atoms with E-state index in [0.717, 1.165) is 6.42 Å². The second-order valence-corrected chi connectivity index (χ2v) is 4.99. The van der Waals surface area contributed by atoms with Crippen molar-refractivity contribution in [3.8, 4) is 0 Å². The van der Waals surface area contributed by atoms with Gasteiger partial charge in [0.25, 0.3) is 0 Å². The Morgan fingerprint density at radius 3 is 2.84 bits per heavy atom. The van der Waals surface area contributed by atoms with Crippen molar-refractivity contribution in [1.29, 1.82) is 0 Å². The molecular formula is C12H18N4O3. The Labute approximate surface area is 111 Å². The van der Waals surface area contributed by atoms with E-state index in [2.05, 4.69) is 10.1 Å².